The number of ether oxygens (including phenoxy) is 2. The normalized spacial score (nSPS) is 9.70. The molecule has 4 heteroatoms. The molecule has 0 spiro atoms. The minimum absolute atomic E-state index is 0. The average Bonchev–Trinajstić information content (AvgIpc) is 2.43. The fourth-order valence-corrected chi connectivity index (χ4v) is 1.73. The zero-order valence-electron chi connectivity index (χ0n) is 12.5. The molecular formula is C16H26ClNO2. The van der Waals surface area contributed by atoms with Crippen LogP contribution in [0.15, 0.2) is 30.9 Å². The van der Waals surface area contributed by atoms with E-state index in [0.29, 0.717) is 13.2 Å². The van der Waals surface area contributed by atoms with Crippen LogP contribution in [0.3, 0.4) is 0 Å². The Morgan fingerprint density at radius 2 is 2.00 bits per heavy atom. The van der Waals surface area contributed by atoms with Crippen LogP contribution >= 0.6 is 12.4 Å². The van der Waals surface area contributed by atoms with Crippen LogP contribution < -0.4 is 14.8 Å². The van der Waals surface area contributed by atoms with Crippen LogP contribution in [0.4, 0.5) is 0 Å². The summed E-state index contributed by atoms with van der Waals surface area (Å²) in [6, 6.07) is 6.08. The fraction of sp³-hybridized carbons (Fsp3) is 0.500. The van der Waals surface area contributed by atoms with Crippen LogP contribution in [0.25, 0.3) is 0 Å². The van der Waals surface area contributed by atoms with Crippen LogP contribution in [0.1, 0.15) is 32.3 Å². The molecule has 0 fully saturated rings. The van der Waals surface area contributed by atoms with Gasteiger partial charge in [-0.2, -0.15) is 0 Å². The van der Waals surface area contributed by atoms with Crippen molar-refractivity contribution in [2.45, 2.75) is 33.2 Å². The molecule has 0 aliphatic heterocycles. The van der Waals surface area contributed by atoms with Gasteiger partial charge < -0.3 is 14.8 Å². The van der Waals surface area contributed by atoms with E-state index >= 15 is 0 Å². The highest BCUT2D eigenvalue weighted by atomic mass is 35.5. The zero-order valence-corrected chi connectivity index (χ0v) is 13.3. The van der Waals surface area contributed by atoms with E-state index in [9.17, 15) is 0 Å². The Bertz CT molecular complexity index is 383. The summed E-state index contributed by atoms with van der Waals surface area (Å²) in [5.41, 5.74) is 1.21. The van der Waals surface area contributed by atoms with Gasteiger partial charge in [-0.25, -0.2) is 0 Å². The number of hydrogen-bond acceptors (Lipinski definition) is 3. The van der Waals surface area contributed by atoms with E-state index < -0.39 is 0 Å². The predicted molar refractivity (Wildman–Crippen MR) is 87.2 cm³/mol. The minimum atomic E-state index is 0. The molecule has 0 atom stereocenters. The van der Waals surface area contributed by atoms with Gasteiger partial charge in [0.1, 0.15) is 6.61 Å². The smallest absolute Gasteiger partial charge is 0.161 e. The van der Waals surface area contributed by atoms with Crippen LogP contribution in [0.2, 0.25) is 0 Å². The summed E-state index contributed by atoms with van der Waals surface area (Å²) < 4.78 is 11.2. The van der Waals surface area contributed by atoms with Crippen LogP contribution in [0, 0.1) is 0 Å². The second-order valence-electron chi connectivity index (χ2n) is 4.34. The number of halogens is 1. The Morgan fingerprint density at radius 1 is 1.20 bits per heavy atom. The van der Waals surface area contributed by atoms with Gasteiger partial charge in [0.25, 0.3) is 0 Å². The van der Waals surface area contributed by atoms with Gasteiger partial charge in [-0.05, 0) is 37.6 Å². The molecule has 1 rings (SSSR count). The molecule has 0 saturated heterocycles. The van der Waals surface area contributed by atoms with Gasteiger partial charge in [0, 0.05) is 6.54 Å². The Hall–Kier alpha value is -1.19. The van der Waals surface area contributed by atoms with Gasteiger partial charge in [0.2, 0.25) is 0 Å². The summed E-state index contributed by atoms with van der Waals surface area (Å²) >= 11 is 0. The van der Waals surface area contributed by atoms with Crippen molar-refractivity contribution in [2.24, 2.45) is 0 Å². The summed E-state index contributed by atoms with van der Waals surface area (Å²) in [4.78, 5) is 0. The monoisotopic (exact) mass is 299 g/mol. The third kappa shape index (κ3) is 6.83. The third-order valence-corrected chi connectivity index (χ3v) is 2.70. The molecule has 0 heterocycles. The van der Waals surface area contributed by atoms with Crippen molar-refractivity contribution in [3.63, 3.8) is 0 Å². The zero-order chi connectivity index (χ0) is 13.9. The highest BCUT2D eigenvalue weighted by molar-refractivity contribution is 5.85. The summed E-state index contributed by atoms with van der Waals surface area (Å²) in [5, 5.41) is 3.42. The largest absolute Gasteiger partial charge is 0.490 e. The molecule has 20 heavy (non-hydrogen) atoms. The summed E-state index contributed by atoms with van der Waals surface area (Å²) in [6.45, 7) is 10.9. The van der Waals surface area contributed by atoms with E-state index in [4.69, 9.17) is 9.47 Å². The number of unbranched alkanes of at least 4 members (excludes halogenated alkanes) is 1. The first-order chi connectivity index (χ1) is 9.31. The lowest BCUT2D eigenvalue weighted by Crippen LogP contribution is -2.14. The molecule has 0 amide bonds. The number of hydrogen-bond donors (Lipinski definition) is 1. The molecule has 3 nitrogen and oxygen atoms in total. The molecule has 0 aromatic heterocycles. The first kappa shape index (κ1) is 18.8. The Labute approximate surface area is 128 Å². The summed E-state index contributed by atoms with van der Waals surface area (Å²) in [7, 11) is 0. The third-order valence-electron chi connectivity index (χ3n) is 2.70. The van der Waals surface area contributed by atoms with E-state index in [1.807, 2.05) is 19.1 Å². The van der Waals surface area contributed by atoms with Crippen molar-refractivity contribution >= 4 is 12.4 Å². The second kappa shape index (κ2) is 11.6. The quantitative estimate of drug-likeness (QED) is 0.524. The molecule has 114 valence electrons. The first-order valence-electron chi connectivity index (χ1n) is 7.02. The molecular weight excluding hydrogens is 274 g/mol. The van der Waals surface area contributed by atoms with Crippen molar-refractivity contribution in [1.82, 2.24) is 5.32 Å². The lowest BCUT2D eigenvalue weighted by atomic mass is 10.2. The van der Waals surface area contributed by atoms with E-state index in [0.717, 1.165) is 24.6 Å². The van der Waals surface area contributed by atoms with Crippen molar-refractivity contribution in [3.8, 4) is 11.5 Å². The second-order valence-corrected chi connectivity index (χ2v) is 4.34. The van der Waals surface area contributed by atoms with Gasteiger partial charge in [-0.3, -0.25) is 0 Å². The van der Waals surface area contributed by atoms with E-state index in [1.165, 1.54) is 18.4 Å². The maximum absolute atomic E-state index is 5.62. The lowest BCUT2D eigenvalue weighted by molar-refractivity contribution is 0.296. The fourth-order valence-electron chi connectivity index (χ4n) is 1.73. The predicted octanol–water partition coefficient (Wildman–Crippen LogP) is 3.96. The van der Waals surface area contributed by atoms with Crippen LogP contribution in [-0.2, 0) is 6.54 Å². The van der Waals surface area contributed by atoms with Crippen LogP contribution in [0.5, 0.6) is 11.5 Å². The molecule has 0 aliphatic rings. The Balaban J connectivity index is 0.00000361. The molecule has 0 bridgehead atoms. The van der Waals surface area contributed by atoms with Gasteiger partial charge >= 0.3 is 0 Å². The molecule has 1 aromatic rings. The number of rotatable bonds is 10. The van der Waals surface area contributed by atoms with E-state index in [-0.39, 0.29) is 12.4 Å². The highest BCUT2D eigenvalue weighted by Crippen LogP contribution is 2.28. The van der Waals surface area contributed by atoms with Gasteiger partial charge in [-0.15, -0.1) is 12.4 Å². The van der Waals surface area contributed by atoms with Crippen molar-refractivity contribution in [3.05, 3.63) is 36.4 Å². The number of nitrogens with one attached hydrogen (secondary N) is 1. The molecule has 0 aliphatic carbocycles. The van der Waals surface area contributed by atoms with E-state index in [2.05, 4.69) is 24.9 Å². The summed E-state index contributed by atoms with van der Waals surface area (Å²) in [5.74, 6) is 1.58. The maximum atomic E-state index is 5.62. The Kier molecular flexibility index (Phi) is 10.9. The topological polar surface area (TPSA) is 30.5 Å². The SMILES string of the molecule is C=CCOc1ccc(CNCCCC)cc1OCC.Cl. The highest BCUT2D eigenvalue weighted by Gasteiger charge is 2.05. The lowest BCUT2D eigenvalue weighted by Gasteiger charge is -2.13. The molecule has 1 aromatic carbocycles. The van der Waals surface area contributed by atoms with Gasteiger partial charge in [-0.1, -0.05) is 32.1 Å². The average molecular weight is 300 g/mol. The molecule has 1 N–H and O–H groups in total. The molecule has 0 saturated carbocycles. The van der Waals surface area contributed by atoms with Gasteiger partial charge in [0.15, 0.2) is 11.5 Å². The number of benzene rings is 1. The van der Waals surface area contributed by atoms with Crippen molar-refractivity contribution in [2.75, 3.05) is 19.8 Å². The summed E-state index contributed by atoms with van der Waals surface area (Å²) in [6.07, 6.45) is 4.15. The maximum Gasteiger partial charge on any atom is 0.161 e. The van der Waals surface area contributed by atoms with Crippen molar-refractivity contribution in [1.29, 1.82) is 0 Å². The van der Waals surface area contributed by atoms with Crippen molar-refractivity contribution < 1.29 is 9.47 Å². The standard InChI is InChI=1S/C16H25NO2.ClH/c1-4-7-10-17-13-14-8-9-15(19-11-5-2)16(12-14)18-6-3;/h5,8-9,12,17H,2,4,6-7,10-11,13H2,1,3H3;1H. The molecule has 0 unspecified atom stereocenters. The minimum Gasteiger partial charge on any atom is -0.490 e. The first-order valence-corrected chi connectivity index (χ1v) is 7.02. The Morgan fingerprint density at radius 3 is 2.65 bits per heavy atom. The molecule has 0 radical (unpaired) electrons. The van der Waals surface area contributed by atoms with E-state index in [1.54, 1.807) is 6.08 Å². The van der Waals surface area contributed by atoms with Crippen LogP contribution in [-0.4, -0.2) is 19.8 Å². The van der Waals surface area contributed by atoms with Gasteiger partial charge in [0.05, 0.1) is 6.61 Å².